The number of carbonyl (C=O) groups is 1. The van der Waals surface area contributed by atoms with Crippen molar-refractivity contribution in [1.82, 2.24) is 24.1 Å². The third-order valence-electron chi connectivity index (χ3n) is 8.59. The summed E-state index contributed by atoms with van der Waals surface area (Å²) in [5.41, 5.74) is 5.84. The summed E-state index contributed by atoms with van der Waals surface area (Å²) in [6.45, 7) is 3.80. The average molecular weight is 535 g/mol. The largest absolute Gasteiger partial charge is 0.333 e. The molecule has 4 aliphatic rings. The standard InChI is InChI=1S/C20H30N4O3S.C7H16N2/c1-23-11-5-8-16(23)13-24(2)28(26,27)22-20(25)21-19-17-9-3-6-14(17)12-15-7-4-10-18(15)19;1-8-6-7-4-3-5-9(7)2/h12,16H,3-11,13H2,1-2H3,(H2,21,22,25);7-8H,3-6H2,1-2H3. The molecular formula is C27H46N6O3S. The molecule has 0 aromatic heterocycles. The number of fused-ring (bicyclic) bond motifs is 2. The van der Waals surface area contributed by atoms with Crippen molar-refractivity contribution in [2.45, 2.75) is 76.3 Å². The molecule has 0 radical (unpaired) electrons. The van der Waals surface area contributed by atoms with Gasteiger partial charge in [-0.05, 0) is 121 Å². The summed E-state index contributed by atoms with van der Waals surface area (Å²) >= 11 is 0. The van der Waals surface area contributed by atoms with Crippen LogP contribution in [0.3, 0.4) is 0 Å². The highest BCUT2D eigenvalue weighted by Crippen LogP contribution is 2.38. The van der Waals surface area contributed by atoms with Gasteiger partial charge >= 0.3 is 16.2 Å². The van der Waals surface area contributed by atoms with Crippen LogP contribution in [0.5, 0.6) is 0 Å². The van der Waals surface area contributed by atoms with Gasteiger partial charge in [-0.15, -0.1) is 0 Å². The Hall–Kier alpha value is -1.72. The van der Waals surface area contributed by atoms with Crippen molar-refractivity contribution < 1.29 is 13.2 Å². The van der Waals surface area contributed by atoms with Gasteiger partial charge in [-0.2, -0.15) is 12.7 Å². The topological polar surface area (TPSA) is 97.0 Å². The number of benzene rings is 1. The Morgan fingerprint density at radius 3 is 2.03 bits per heavy atom. The van der Waals surface area contributed by atoms with Crippen LogP contribution in [-0.4, -0.2) is 95.0 Å². The third kappa shape index (κ3) is 6.84. The predicted octanol–water partition coefficient (Wildman–Crippen LogP) is 2.36. The van der Waals surface area contributed by atoms with Crippen molar-refractivity contribution in [2.24, 2.45) is 0 Å². The van der Waals surface area contributed by atoms with Gasteiger partial charge in [0.15, 0.2) is 0 Å². The lowest BCUT2D eigenvalue weighted by molar-refractivity contribution is 0.253. The van der Waals surface area contributed by atoms with E-state index in [0.717, 1.165) is 76.2 Å². The van der Waals surface area contributed by atoms with Gasteiger partial charge in [0.2, 0.25) is 0 Å². The van der Waals surface area contributed by atoms with Gasteiger partial charge in [0, 0.05) is 37.9 Å². The first-order valence-corrected chi connectivity index (χ1v) is 15.4. The van der Waals surface area contributed by atoms with Crippen LogP contribution in [0.4, 0.5) is 10.5 Å². The summed E-state index contributed by atoms with van der Waals surface area (Å²) in [5.74, 6) is 0. The van der Waals surface area contributed by atoms with Crippen molar-refractivity contribution in [3.63, 3.8) is 0 Å². The molecule has 37 heavy (non-hydrogen) atoms. The van der Waals surface area contributed by atoms with Crippen molar-refractivity contribution in [1.29, 1.82) is 0 Å². The van der Waals surface area contributed by atoms with Gasteiger partial charge in [-0.1, -0.05) is 6.07 Å². The lowest BCUT2D eigenvalue weighted by Gasteiger charge is -2.25. The summed E-state index contributed by atoms with van der Waals surface area (Å²) in [6, 6.07) is 2.62. The second-order valence-corrected chi connectivity index (χ2v) is 13.0. The van der Waals surface area contributed by atoms with Crippen LogP contribution in [0.1, 0.15) is 60.8 Å². The van der Waals surface area contributed by atoms with Crippen molar-refractivity contribution in [2.75, 3.05) is 59.7 Å². The molecule has 2 heterocycles. The highest BCUT2D eigenvalue weighted by atomic mass is 32.2. The van der Waals surface area contributed by atoms with Gasteiger partial charge in [0.25, 0.3) is 0 Å². The normalized spacial score (nSPS) is 23.6. The van der Waals surface area contributed by atoms with Crippen LogP contribution in [0, 0.1) is 0 Å². The highest BCUT2D eigenvalue weighted by molar-refractivity contribution is 7.87. The Labute approximate surface area is 223 Å². The fourth-order valence-corrected chi connectivity index (χ4v) is 7.19. The Kier molecular flexibility index (Phi) is 9.50. The second-order valence-electron chi connectivity index (χ2n) is 11.2. The first kappa shape index (κ1) is 28.3. The minimum absolute atomic E-state index is 0.199. The van der Waals surface area contributed by atoms with E-state index in [0.29, 0.717) is 6.54 Å². The second kappa shape index (κ2) is 12.4. The van der Waals surface area contributed by atoms with Gasteiger partial charge in [0.1, 0.15) is 0 Å². The average Bonchev–Trinajstić information content (AvgIpc) is 3.64. The quantitative estimate of drug-likeness (QED) is 0.497. The van der Waals surface area contributed by atoms with Gasteiger partial charge in [0.05, 0.1) is 0 Å². The molecule has 1 aromatic rings. The first-order valence-electron chi connectivity index (χ1n) is 14.0. The molecule has 1 aromatic carbocycles. The number of nitrogens with one attached hydrogen (secondary N) is 3. The van der Waals surface area contributed by atoms with E-state index in [1.165, 1.54) is 53.0 Å². The molecule has 2 unspecified atom stereocenters. The van der Waals surface area contributed by atoms with E-state index in [1.807, 2.05) is 14.1 Å². The summed E-state index contributed by atoms with van der Waals surface area (Å²) in [4.78, 5) is 17.2. The zero-order valence-electron chi connectivity index (χ0n) is 23.1. The maximum Gasteiger partial charge on any atom is 0.333 e. The summed E-state index contributed by atoms with van der Waals surface area (Å²) in [6.07, 6.45) is 10.9. The van der Waals surface area contributed by atoms with Crippen LogP contribution >= 0.6 is 0 Å². The van der Waals surface area contributed by atoms with Gasteiger partial charge in [-0.25, -0.2) is 9.52 Å². The number of aryl methyl sites for hydroxylation is 2. The molecule has 2 aliphatic carbocycles. The molecule has 2 amide bonds. The van der Waals surface area contributed by atoms with Crippen LogP contribution in [0.15, 0.2) is 6.07 Å². The monoisotopic (exact) mass is 534 g/mol. The number of nitrogens with zero attached hydrogens (tertiary/aromatic N) is 3. The number of carbonyl (C=O) groups excluding carboxylic acids is 1. The van der Waals surface area contributed by atoms with E-state index in [9.17, 15) is 13.2 Å². The van der Waals surface area contributed by atoms with E-state index in [4.69, 9.17) is 0 Å². The molecule has 0 saturated carbocycles. The fourth-order valence-electron chi connectivity index (χ4n) is 6.38. The SMILES string of the molecule is CN1CCCC1CN(C)S(=O)(=O)NC(=O)Nc1c2c(cc3c1CCC3)CCC2.CNCC1CCCN1C. The molecule has 208 valence electrons. The Balaban J connectivity index is 0.000000301. The number of rotatable bonds is 7. The number of likely N-dealkylation sites (N-methyl/N-ethyl adjacent to an activating group) is 4. The molecule has 0 spiro atoms. The maximum atomic E-state index is 12.6. The summed E-state index contributed by atoms with van der Waals surface area (Å²) < 4.78 is 28.7. The number of urea groups is 1. The molecule has 5 rings (SSSR count). The molecule has 2 aliphatic heterocycles. The van der Waals surface area contributed by atoms with Crippen LogP contribution < -0.4 is 15.4 Å². The Morgan fingerprint density at radius 1 is 0.946 bits per heavy atom. The fraction of sp³-hybridized carbons (Fsp3) is 0.741. The summed E-state index contributed by atoms with van der Waals surface area (Å²) in [5, 5.41) is 6.09. The smallest absolute Gasteiger partial charge is 0.318 e. The maximum absolute atomic E-state index is 12.6. The Bertz CT molecular complexity index is 1030. The van der Waals surface area contributed by atoms with E-state index in [2.05, 4.69) is 38.3 Å². The van der Waals surface area contributed by atoms with E-state index in [-0.39, 0.29) is 6.04 Å². The molecule has 2 atom stereocenters. The van der Waals surface area contributed by atoms with Gasteiger partial charge in [-0.3, -0.25) is 0 Å². The molecule has 2 fully saturated rings. The van der Waals surface area contributed by atoms with Crippen LogP contribution in [-0.2, 0) is 35.9 Å². The molecule has 9 nitrogen and oxygen atoms in total. The highest BCUT2D eigenvalue weighted by Gasteiger charge is 2.30. The number of hydrogen-bond acceptors (Lipinski definition) is 6. The predicted molar refractivity (Wildman–Crippen MR) is 149 cm³/mol. The number of amides is 2. The van der Waals surface area contributed by atoms with E-state index >= 15 is 0 Å². The molecule has 2 saturated heterocycles. The minimum Gasteiger partial charge on any atom is -0.318 e. The lowest BCUT2D eigenvalue weighted by atomic mass is 9.99. The number of anilines is 1. The zero-order chi connectivity index (χ0) is 26.6. The number of likely N-dealkylation sites (tertiary alicyclic amines) is 2. The molecular weight excluding hydrogens is 488 g/mol. The first-order chi connectivity index (χ1) is 17.7. The third-order valence-corrected chi connectivity index (χ3v) is 10.0. The van der Waals surface area contributed by atoms with Crippen molar-refractivity contribution in [3.05, 3.63) is 28.3 Å². The molecule has 0 bridgehead atoms. The van der Waals surface area contributed by atoms with Crippen LogP contribution in [0.25, 0.3) is 0 Å². The van der Waals surface area contributed by atoms with E-state index < -0.39 is 16.2 Å². The van der Waals surface area contributed by atoms with Crippen molar-refractivity contribution >= 4 is 21.9 Å². The zero-order valence-corrected chi connectivity index (χ0v) is 23.9. The van der Waals surface area contributed by atoms with Crippen LogP contribution in [0.2, 0.25) is 0 Å². The van der Waals surface area contributed by atoms with Gasteiger partial charge < -0.3 is 20.4 Å². The summed E-state index contributed by atoms with van der Waals surface area (Å²) in [7, 11) is 3.89. The minimum atomic E-state index is -3.87. The lowest BCUT2D eigenvalue weighted by Crippen LogP contribution is -2.47. The number of hydrogen-bond donors (Lipinski definition) is 3. The molecule has 3 N–H and O–H groups in total. The molecule has 10 heteroatoms. The Morgan fingerprint density at radius 2 is 1.51 bits per heavy atom. The van der Waals surface area contributed by atoms with E-state index in [1.54, 1.807) is 0 Å². The van der Waals surface area contributed by atoms with Crippen molar-refractivity contribution in [3.8, 4) is 0 Å².